The van der Waals surface area contributed by atoms with Gasteiger partial charge in [-0.25, -0.2) is 9.67 Å². The third kappa shape index (κ3) is 3.44. The molecule has 130 valence electrons. The first-order chi connectivity index (χ1) is 11.9. The number of nitrogens with one attached hydrogen (secondary N) is 1. The maximum Gasteiger partial charge on any atom is 0.253 e. The molecule has 25 heavy (non-hydrogen) atoms. The van der Waals surface area contributed by atoms with Crippen molar-refractivity contribution in [3.8, 4) is 0 Å². The SMILES string of the molecule is Cc1nc2c(cnn2C(C)C)cc1C(=O)N[C@@H](C)c1ccccc1Br. The number of pyridine rings is 1. The smallest absolute Gasteiger partial charge is 0.253 e. The molecular formula is C19H21BrN4O. The second kappa shape index (κ2) is 6.96. The van der Waals surface area contributed by atoms with Crippen molar-refractivity contribution in [3.05, 3.63) is 57.8 Å². The topological polar surface area (TPSA) is 59.8 Å². The van der Waals surface area contributed by atoms with Gasteiger partial charge in [-0.15, -0.1) is 0 Å². The number of rotatable bonds is 4. The van der Waals surface area contributed by atoms with E-state index in [1.165, 1.54) is 0 Å². The van der Waals surface area contributed by atoms with Crippen LogP contribution in [0.1, 0.15) is 54.5 Å². The first kappa shape index (κ1) is 17.6. The van der Waals surface area contributed by atoms with Crippen LogP contribution in [0.25, 0.3) is 11.0 Å². The second-order valence-corrected chi connectivity index (χ2v) is 7.29. The summed E-state index contributed by atoms with van der Waals surface area (Å²) in [4.78, 5) is 17.4. The van der Waals surface area contributed by atoms with Gasteiger partial charge >= 0.3 is 0 Å². The Labute approximate surface area is 155 Å². The van der Waals surface area contributed by atoms with Crippen molar-refractivity contribution in [1.82, 2.24) is 20.1 Å². The lowest BCUT2D eigenvalue weighted by molar-refractivity contribution is 0.0939. The summed E-state index contributed by atoms with van der Waals surface area (Å²) in [6, 6.07) is 9.85. The summed E-state index contributed by atoms with van der Waals surface area (Å²) in [6.45, 7) is 7.94. The molecule has 1 aromatic carbocycles. The summed E-state index contributed by atoms with van der Waals surface area (Å²) in [5, 5.41) is 8.30. The van der Waals surface area contributed by atoms with Crippen molar-refractivity contribution < 1.29 is 4.79 Å². The number of carbonyl (C=O) groups excluding carboxylic acids is 1. The van der Waals surface area contributed by atoms with Gasteiger partial charge in [0, 0.05) is 15.9 Å². The number of nitrogens with zero attached hydrogens (tertiary/aromatic N) is 3. The molecular weight excluding hydrogens is 380 g/mol. The quantitative estimate of drug-likeness (QED) is 0.697. The Kier molecular flexibility index (Phi) is 4.90. The normalized spacial score (nSPS) is 12.6. The fourth-order valence-corrected chi connectivity index (χ4v) is 3.48. The maximum absolute atomic E-state index is 12.8. The molecule has 0 unspecified atom stereocenters. The van der Waals surface area contributed by atoms with E-state index >= 15 is 0 Å². The van der Waals surface area contributed by atoms with Crippen LogP contribution in [0.4, 0.5) is 0 Å². The molecule has 1 atom stereocenters. The number of aryl methyl sites for hydroxylation is 1. The fraction of sp³-hybridized carbons (Fsp3) is 0.316. The molecule has 0 fully saturated rings. The minimum absolute atomic E-state index is 0.114. The van der Waals surface area contributed by atoms with Crippen molar-refractivity contribution >= 4 is 32.9 Å². The lowest BCUT2D eigenvalue weighted by atomic mass is 10.1. The molecule has 2 heterocycles. The Balaban J connectivity index is 1.90. The van der Waals surface area contributed by atoms with Crippen LogP contribution in [0, 0.1) is 6.92 Å². The third-order valence-corrected chi connectivity index (χ3v) is 4.93. The molecule has 0 bridgehead atoms. The van der Waals surface area contributed by atoms with Gasteiger partial charge in [-0.2, -0.15) is 5.10 Å². The molecule has 0 saturated carbocycles. The number of hydrogen-bond donors (Lipinski definition) is 1. The summed E-state index contributed by atoms with van der Waals surface area (Å²) in [5.41, 5.74) is 3.12. The molecule has 3 aromatic rings. The molecule has 0 spiro atoms. The standard InChI is InChI=1S/C19H21BrN4O/c1-11(2)24-18-14(10-21-24)9-16(13(4)22-18)19(25)23-12(3)15-7-5-6-8-17(15)20/h5-12H,1-4H3,(H,23,25)/t12-/m0/s1. The summed E-state index contributed by atoms with van der Waals surface area (Å²) in [6.07, 6.45) is 1.76. The summed E-state index contributed by atoms with van der Waals surface area (Å²) in [5.74, 6) is -0.132. The Hall–Kier alpha value is -2.21. The molecule has 3 rings (SSSR count). The number of halogens is 1. The highest BCUT2D eigenvalue weighted by molar-refractivity contribution is 9.10. The van der Waals surface area contributed by atoms with Gasteiger partial charge < -0.3 is 5.32 Å². The summed E-state index contributed by atoms with van der Waals surface area (Å²) >= 11 is 3.53. The molecule has 0 aliphatic rings. The number of benzene rings is 1. The lowest BCUT2D eigenvalue weighted by Gasteiger charge is -2.16. The molecule has 0 aliphatic heterocycles. The van der Waals surface area contributed by atoms with E-state index in [1.807, 2.05) is 48.9 Å². The van der Waals surface area contributed by atoms with Gasteiger partial charge in [0.25, 0.3) is 5.91 Å². The van der Waals surface area contributed by atoms with Crippen LogP contribution in [0.3, 0.4) is 0 Å². The van der Waals surface area contributed by atoms with Crippen molar-refractivity contribution in [3.63, 3.8) is 0 Å². The average Bonchev–Trinajstić information content (AvgIpc) is 2.97. The van der Waals surface area contributed by atoms with Crippen molar-refractivity contribution in [2.45, 2.75) is 39.8 Å². The van der Waals surface area contributed by atoms with Crippen LogP contribution >= 0.6 is 15.9 Å². The van der Waals surface area contributed by atoms with Gasteiger partial charge in [-0.1, -0.05) is 34.1 Å². The molecule has 0 saturated heterocycles. The molecule has 0 aliphatic carbocycles. The van der Waals surface area contributed by atoms with E-state index in [0.717, 1.165) is 21.1 Å². The maximum atomic E-state index is 12.8. The predicted molar refractivity (Wildman–Crippen MR) is 103 cm³/mol. The van der Waals surface area contributed by atoms with Gasteiger partial charge in [0.15, 0.2) is 5.65 Å². The van der Waals surface area contributed by atoms with Crippen molar-refractivity contribution in [2.75, 3.05) is 0 Å². The highest BCUT2D eigenvalue weighted by Crippen LogP contribution is 2.24. The van der Waals surface area contributed by atoms with E-state index in [1.54, 1.807) is 6.20 Å². The van der Waals surface area contributed by atoms with Crippen LogP contribution < -0.4 is 5.32 Å². The zero-order valence-electron chi connectivity index (χ0n) is 14.7. The largest absolute Gasteiger partial charge is 0.345 e. The molecule has 6 heteroatoms. The molecule has 1 N–H and O–H groups in total. The monoisotopic (exact) mass is 400 g/mol. The number of carbonyl (C=O) groups is 1. The van der Waals surface area contributed by atoms with Crippen molar-refractivity contribution in [1.29, 1.82) is 0 Å². The van der Waals surface area contributed by atoms with Gasteiger partial charge in [-0.3, -0.25) is 4.79 Å². The third-order valence-electron chi connectivity index (χ3n) is 4.21. The van der Waals surface area contributed by atoms with Crippen LogP contribution in [0.2, 0.25) is 0 Å². The zero-order valence-corrected chi connectivity index (χ0v) is 16.3. The Morgan fingerprint density at radius 3 is 2.64 bits per heavy atom. The minimum Gasteiger partial charge on any atom is -0.345 e. The number of amides is 1. The van der Waals surface area contributed by atoms with E-state index in [2.05, 4.69) is 45.2 Å². The molecule has 1 amide bonds. The first-order valence-electron chi connectivity index (χ1n) is 8.28. The Morgan fingerprint density at radius 1 is 1.24 bits per heavy atom. The number of fused-ring (bicyclic) bond motifs is 1. The number of aromatic nitrogens is 3. The fourth-order valence-electron chi connectivity index (χ4n) is 2.85. The first-order valence-corrected chi connectivity index (χ1v) is 9.08. The highest BCUT2D eigenvalue weighted by atomic mass is 79.9. The van der Waals surface area contributed by atoms with Crippen LogP contribution in [-0.2, 0) is 0 Å². The molecule has 5 nitrogen and oxygen atoms in total. The molecule has 0 radical (unpaired) electrons. The van der Waals surface area contributed by atoms with E-state index in [4.69, 9.17) is 0 Å². The predicted octanol–water partition coefficient (Wildman–Crippen LogP) is 4.57. The van der Waals surface area contributed by atoms with Gasteiger partial charge in [0.1, 0.15) is 0 Å². The van der Waals surface area contributed by atoms with Crippen molar-refractivity contribution in [2.24, 2.45) is 0 Å². The van der Waals surface area contributed by atoms with Crippen LogP contribution in [0.5, 0.6) is 0 Å². The van der Waals surface area contributed by atoms with E-state index in [-0.39, 0.29) is 18.0 Å². The minimum atomic E-state index is -0.132. The number of hydrogen-bond acceptors (Lipinski definition) is 3. The van der Waals surface area contributed by atoms with E-state index < -0.39 is 0 Å². The van der Waals surface area contributed by atoms with Crippen LogP contribution in [-0.4, -0.2) is 20.7 Å². The summed E-state index contributed by atoms with van der Waals surface area (Å²) in [7, 11) is 0. The van der Waals surface area contributed by atoms with Crippen LogP contribution in [0.15, 0.2) is 41.0 Å². The van der Waals surface area contributed by atoms with Gasteiger partial charge in [0.2, 0.25) is 0 Å². The van der Waals surface area contributed by atoms with E-state index in [9.17, 15) is 4.79 Å². The second-order valence-electron chi connectivity index (χ2n) is 6.43. The Morgan fingerprint density at radius 2 is 1.96 bits per heavy atom. The molecule has 2 aromatic heterocycles. The highest BCUT2D eigenvalue weighted by Gasteiger charge is 2.18. The van der Waals surface area contributed by atoms with E-state index in [0.29, 0.717) is 11.3 Å². The van der Waals surface area contributed by atoms with Gasteiger partial charge in [0.05, 0.1) is 23.5 Å². The zero-order chi connectivity index (χ0) is 18.1. The Bertz CT molecular complexity index is 932. The summed E-state index contributed by atoms with van der Waals surface area (Å²) < 4.78 is 2.85. The van der Waals surface area contributed by atoms with Gasteiger partial charge in [-0.05, 0) is 45.4 Å². The lowest BCUT2D eigenvalue weighted by Crippen LogP contribution is -2.27. The average molecular weight is 401 g/mol.